The van der Waals surface area contributed by atoms with E-state index in [2.05, 4.69) is 26.3 Å². The van der Waals surface area contributed by atoms with Crippen molar-refractivity contribution in [3.63, 3.8) is 0 Å². The number of hydrogen-bond donors (Lipinski definition) is 5. The van der Waals surface area contributed by atoms with Crippen LogP contribution in [0.3, 0.4) is 0 Å². The Kier molecular flexibility index (Phi) is 6.41. The molecule has 0 atom stereocenters. The van der Waals surface area contributed by atoms with Gasteiger partial charge in [0.15, 0.2) is 0 Å². The van der Waals surface area contributed by atoms with Crippen molar-refractivity contribution in [3.05, 3.63) is 64.0 Å². The molecule has 0 spiro atoms. The molecule has 0 unspecified atom stereocenters. The molecule has 2 amide bonds. The van der Waals surface area contributed by atoms with Gasteiger partial charge in [0, 0.05) is 35.7 Å². The lowest BCUT2D eigenvalue weighted by molar-refractivity contribution is 0.102. The molecule has 176 valence electrons. The van der Waals surface area contributed by atoms with Gasteiger partial charge in [-0.05, 0) is 56.2 Å². The maximum absolute atomic E-state index is 13.1. The standard InChI is InChI=1S/C25H28N6O2S/c1-14-8-9-17(30-22(32)15-6-5-7-16(12-15)25(2,3)26)13-18(14)31-23(33)21-19(27-4)20-24(34-21)29-11-10-28-20/h5-9,11-13,27-28H,10,26H2,1-4H3,(H,30,32)(H,31,33). The van der Waals surface area contributed by atoms with Crippen LogP contribution in [-0.2, 0) is 5.54 Å². The highest BCUT2D eigenvalue weighted by atomic mass is 32.1. The van der Waals surface area contributed by atoms with Gasteiger partial charge >= 0.3 is 0 Å². The molecule has 9 heteroatoms. The van der Waals surface area contributed by atoms with E-state index < -0.39 is 5.54 Å². The van der Waals surface area contributed by atoms with Crippen LogP contribution in [0, 0.1) is 6.92 Å². The average Bonchev–Trinajstić information content (AvgIpc) is 3.19. The highest BCUT2D eigenvalue weighted by Gasteiger charge is 2.24. The molecule has 1 aromatic heterocycles. The molecule has 0 saturated carbocycles. The molecule has 2 heterocycles. The summed E-state index contributed by atoms with van der Waals surface area (Å²) in [6, 6.07) is 12.7. The quantitative estimate of drug-likeness (QED) is 0.346. The number of hydrogen-bond acceptors (Lipinski definition) is 7. The van der Waals surface area contributed by atoms with Crippen molar-refractivity contribution in [2.24, 2.45) is 10.7 Å². The maximum atomic E-state index is 13.1. The molecule has 0 radical (unpaired) electrons. The number of aliphatic imine (C=N–C) groups is 1. The summed E-state index contributed by atoms with van der Waals surface area (Å²) in [6.45, 7) is 6.31. The molecule has 34 heavy (non-hydrogen) atoms. The monoisotopic (exact) mass is 476 g/mol. The lowest BCUT2D eigenvalue weighted by atomic mass is 9.94. The van der Waals surface area contributed by atoms with Crippen LogP contribution in [0.2, 0.25) is 0 Å². The molecule has 0 aliphatic carbocycles. The van der Waals surface area contributed by atoms with Gasteiger partial charge in [-0.25, -0.2) is 4.99 Å². The SMILES string of the molecule is CNc1c(C(=O)Nc2cc(NC(=O)c3cccc(C(C)(C)N)c3)ccc2C)sc2c1NCC=N2. The van der Waals surface area contributed by atoms with Crippen molar-refractivity contribution < 1.29 is 9.59 Å². The number of nitrogens with zero attached hydrogens (tertiary/aromatic N) is 1. The fourth-order valence-corrected chi connectivity index (χ4v) is 4.67. The van der Waals surface area contributed by atoms with Crippen molar-refractivity contribution in [3.8, 4) is 0 Å². The Hall–Kier alpha value is -3.69. The fourth-order valence-electron chi connectivity index (χ4n) is 3.63. The van der Waals surface area contributed by atoms with Crippen molar-refractivity contribution in [1.82, 2.24) is 0 Å². The zero-order valence-electron chi connectivity index (χ0n) is 19.6. The minimum absolute atomic E-state index is 0.245. The lowest BCUT2D eigenvalue weighted by Crippen LogP contribution is -2.29. The van der Waals surface area contributed by atoms with E-state index in [0.29, 0.717) is 28.4 Å². The van der Waals surface area contributed by atoms with E-state index in [1.165, 1.54) is 11.3 Å². The van der Waals surface area contributed by atoms with Gasteiger partial charge in [0.05, 0.1) is 17.9 Å². The minimum atomic E-state index is -0.550. The van der Waals surface area contributed by atoms with Gasteiger partial charge in [0.25, 0.3) is 11.8 Å². The first kappa shape index (κ1) is 23.5. The second-order valence-electron chi connectivity index (χ2n) is 8.67. The zero-order valence-corrected chi connectivity index (χ0v) is 20.4. The first-order valence-electron chi connectivity index (χ1n) is 10.9. The van der Waals surface area contributed by atoms with Crippen molar-refractivity contribution in [1.29, 1.82) is 0 Å². The molecule has 4 rings (SSSR count). The highest BCUT2D eigenvalue weighted by Crippen LogP contribution is 2.45. The summed E-state index contributed by atoms with van der Waals surface area (Å²) < 4.78 is 0. The number of fused-ring (bicyclic) bond motifs is 1. The number of carbonyl (C=O) groups is 2. The van der Waals surface area contributed by atoms with E-state index in [-0.39, 0.29) is 11.8 Å². The normalized spacial score (nSPS) is 12.5. The molecule has 0 bridgehead atoms. The van der Waals surface area contributed by atoms with Gasteiger partial charge in [-0.1, -0.05) is 18.2 Å². The molecule has 0 saturated heterocycles. The second-order valence-corrected chi connectivity index (χ2v) is 9.67. The van der Waals surface area contributed by atoms with Crippen LogP contribution in [0.1, 0.15) is 45.0 Å². The first-order valence-corrected chi connectivity index (χ1v) is 11.7. The summed E-state index contributed by atoms with van der Waals surface area (Å²) in [7, 11) is 1.78. The Bertz CT molecular complexity index is 1290. The van der Waals surface area contributed by atoms with Gasteiger partial charge in [-0.2, -0.15) is 0 Å². The number of amides is 2. The minimum Gasteiger partial charge on any atom is -0.385 e. The third-order valence-electron chi connectivity index (χ3n) is 5.54. The smallest absolute Gasteiger partial charge is 0.268 e. The van der Waals surface area contributed by atoms with Crippen molar-refractivity contribution in [2.75, 3.05) is 34.9 Å². The predicted molar refractivity (Wildman–Crippen MR) is 141 cm³/mol. The van der Waals surface area contributed by atoms with E-state index in [1.54, 1.807) is 37.5 Å². The number of nitrogens with two attached hydrogens (primary N) is 1. The molecule has 0 fully saturated rings. The van der Waals surface area contributed by atoms with Crippen LogP contribution in [0.15, 0.2) is 47.5 Å². The van der Waals surface area contributed by atoms with Crippen LogP contribution in [0.4, 0.5) is 27.8 Å². The lowest BCUT2D eigenvalue weighted by Gasteiger charge is -2.19. The molecule has 1 aliphatic heterocycles. The number of nitrogens with one attached hydrogen (secondary N) is 4. The summed E-state index contributed by atoms with van der Waals surface area (Å²) in [5.41, 5.74) is 10.6. The van der Waals surface area contributed by atoms with E-state index >= 15 is 0 Å². The predicted octanol–water partition coefficient (Wildman–Crippen LogP) is 4.92. The molecule has 3 aromatic rings. The number of rotatable bonds is 6. The van der Waals surface area contributed by atoms with Crippen molar-refractivity contribution >= 4 is 57.1 Å². The third-order valence-corrected chi connectivity index (χ3v) is 6.63. The topological polar surface area (TPSA) is 121 Å². The molecule has 2 aromatic carbocycles. The summed E-state index contributed by atoms with van der Waals surface area (Å²) in [6.07, 6.45) is 1.78. The number of aryl methyl sites for hydroxylation is 1. The van der Waals surface area contributed by atoms with Gasteiger partial charge in [0.2, 0.25) is 0 Å². The van der Waals surface area contributed by atoms with E-state index in [4.69, 9.17) is 5.73 Å². The maximum Gasteiger partial charge on any atom is 0.268 e. The van der Waals surface area contributed by atoms with Crippen molar-refractivity contribution in [2.45, 2.75) is 26.3 Å². The number of thiophene rings is 1. The largest absolute Gasteiger partial charge is 0.385 e. The second kappa shape index (κ2) is 9.28. The Morgan fingerprint density at radius 1 is 1.12 bits per heavy atom. The zero-order chi connectivity index (χ0) is 24.5. The summed E-state index contributed by atoms with van der Waals surface area (Å²) in [4.78, 5) is 30.9. The third kappa shape index (κ3) is 4.80. The average molecular weight is 477 g/mol. The Morgan fingerprint density at radius 2 is 1.91 bits per heavy atom. The van der Waals surface area contributed by atoms with Gasteiger partial charge < -0.3 is 27.0 Å². The number of benzene rings is 2. The summed E-state index contributed by atoms with van der Waals surface area (Å²) in [5.74, 6) is -0.496. The highest BCUT2D eigenvalue weighted by molar-refractivity contribution is 7.19. The molecule has 8 nitrogen and oxygen atoms in total. The van der Waals surface area contributed by atoms with E-state index in [0.717, 1.165) is 27.5 Å². The van der Waals surface area contributed by atoms with Gasteiger partial charge in [-0.3, -0.25) is 9.59 Å². The summed E-state index contributed by atoms with van der Waals surface area (Å²) in [5, 5.41) is 13.0. The Labute approximate surface area is 202 Å². The molecule has 6 N–H and O–H groups in total. The van der Waals surface area contributed by atoms with Crippen LogP contribution in [-0.4, -0.2) is 31.6 Å². The van der Waals surface area contributed by atoms with E-state index in [1.807, 2.05) is 39.0 Å². The fraction of sp³-hybridized carbons (Fsp3) is 0.240. The number of anilines is 4. The van der Waals surface area contributed by atoms with E-state index in [9.17, 15) is 9.59 Å². The van der Waals surface area contributed by atoms with Gasteiger partial charge in [-0.15, -0.1) is 11.3 Å². The number of carbonyl (C=O) groups excluding carboxylic acids is 2. The summed E-state index contributed by atoms with van der Waals surface area (Å²) >= 11 is 1.32. The van der Waals surface area contributed by atoms with Gasteiger partial charge in [0.1, 0.15) is 9.88 Å². The molecular formula is C25H28N6O2S. The van der Waals surface area contributed by atoms with Crippen LogP contribution < -0.4 is 27.0 Å². The molecule has 1 aliphatic rings. The van der Waals surface area contributed by atoms with Crippen LogP contribution in [0.5, 0.6) is 0 Å². The van der Waals surface area contributed by atoms with Crippen LogP contribution >= 0.6 is 11.3 Å². The van der Waals surface area contributed by atoms with Crippen LogP contribution in [0.25, 0.3) is 0 Å². The Balaban J connectivity index is 1.54. The first-order chi connectivity index (χ1) is 16.2. The Morgan fingerprint density at radius 3 is 2.65 bits per heavy atom. The molecular weight excluding hydrogens is 448 g/mol.